The van der Waals surface area contributed by atoms with Crippen LogP contribution in [0.2, 0.25) is 0 Å². The predicted octanol–water partition coefficient (Wildman–Crippen LogP) is 2.76. The van der Waals surface area contributed by atoms with E-state index in [4.69, 9.17) is 0 Å². The minimum absolute atomic E-state index is 0.0739. The summed E-state index contributed by atoms with van der Waals surface area (Å²) in [6, 6.07) is 9.28. The molecule has 1 aliphatic heterocycles. The summed E-state index contributed by atoms with van der Waals surface area (Å²) in [6.07, 6.45) is 1.19. The van der Waals surface area contributed by atoms with Gasteiger partial charge in [-0.25, -0.2) is 4.79 Å². The van der Waals surface area contributed by atoms with Crippen molar-refractivity contribution in [1.82, 2.24) is 14.0 Å². The molecule has 0 saturated carbocycles. The average Bonchev–Trinajstić information content (AvgIpc) is 2.95. The molecule has 1 aromatic carbocycles. The van der Waals surface area contributed by atoms with Crippen molar-refractivity contribution < 1.29 is 4.79 Å². The van der Waals surface area contributed by atoms with Crippen LogP contribution >= 0.6 is 0 Å². The fourth-order valence-electron chi connectivity index (χ4n) is 4.24. The summed E-state index contributed by atoms with van der Waals surface area (Å²) in [5.74, 6) is 0.766. The van der Waals surface area contributed by atoms with Gasteiger partial charge in [-0.15, -0.1) is 0 Å². The summed E-state index contributed by atoms with van der Waals surface area (Å²) < 4.78 is 3.01. The van der Waals surface area contributed by atoms with E-state index in [0.717, 1.165) is 17.5 Å². The number of nitrogens with zero attached hydrogens (tertiary/aromatic N) is 4. The number of carbonyl (C=O) groups is 1. The number of benzene rings is 1. The van der Waals surface area contributed by atoms with Gasteiger partial charge in [-0.2, -0.15) is 0 Å². The summed E-state index contributed by atoms with van der Waals surface area (Å²) in [7, 11) is 0. The van der Waals surface area contributed by atoms with Gasteiger partial charge < -0.3 is 9.80 Å². The molecule has 0 aliphatic carbocycles. The van der Waals surface area contributed by atoms with E-state index in [1.165, 1.54) is 4.57 Å². The third-order valence-electron chi connectivity index (χ3n) is 5.96. The molecular weight excluding hydrogens is 392 g/mol. The van der Waals surface area contributed by atoms with Crippen molar-refractivity contribution >= 4 is 11.7 Å². The molecule has 0 bridgehead atoms. The zero-order valence-corrected chi connectivity index (χ0v) is 19.3. The number of anilines is 1. The maximum Gasteiger partial charge on any atom is 0.333 e. The Morgan fingerprint density at radius 2 is 1.61 bits per heavy atom. The standard InChI is InChI=1S/C24H34N4O3/c1-17(2)27-21(16-23(30)28(18(3)4)24(27)31)25-11-8-12-26(14-13-25)22(29)15-20-10-7-6-9-19(20)5/h6-7,9-10,16-18H,8,11-15H2,1-5H3. The first-order valence-corrected chi connectivity index (χ1v) is 11.2. The lowest BCUT2D eigenvalue weighted by Gasteiger charge is -2.29. The lowest BCUT2D eigenvalue weighted by atomic mass is 10.1. The summed E-state index contributed by atoms with van der Waals surface area (Å²) in [5.41, 5.74) is 1.63. The molecule has 0 spiro atoms. The van der Waals surface area contributed by atoms with Gasteiger partial charge in [-0.05, 0) is 52.2 Å². The molecule has 1 amide bonds. The van der Waals surface area contributed by atoms with Crippen molar-refractivity contribution in [1.29, 1.82) is 0 Å². The average molecular weight is 427 g/mol. The van der Waals surface area contributed by atoms with Crippen molar-refractivity contribution in [2.45, 2.75) is 59.5 Å². The van der Waals surface area contributed by atoms with Crippen LogP contribution in [0.4, 0.5) is 5.82 Å². The van der Waals surface area contributed by atoms with Crippen molar-refractivity contribution in [2.24, 2.45) is 0 Å². The molecule has 0 N–H and O–H groups in total. The molecule has 7 heteroatoms. The van der Waals surface area contributed by atoms with E-state index in [2.05, 4.69) is 4.90 Å². The largest absolute Gasteiger partial charge is 0.356 e. The summed E-state index contributed by atoms with van der Waals surface area (Å²) >= 11 is 0. The first-order chi connectivity index (χ1) is 14.7. The monoisotopic (exact) mass is 426 g/mol. The number of carbonyl (C=O) groups excluding carboxylic acids is 1. The number of rotatable bonds is 5. The van der Waals surface area contributed by atoms with Gasteiger partial charge in [0, 0.05) is 44.3 Å². The van der Waals surface area contributed by atoms with Gasteiger partial charge in [0.15, 0.2) is 0 Å². The quantitative estimate of drug-likeness (QED) is 0.737. The first-order valence-electron chi connectivity index (χ1n) is 11.2. The lowest BCUT2D eigenvalue weighted by molar-refractivity contribution is -0.130. The SMILES string of the molecule is Cc1ccccc1CC(=O)N1CCCN(c2cc(=O)n(C(C)C)c(=O)n2C(C)C)CC1. The molecule has 0 unspecified atom stereocenters. The Balaban J connectivity index is 1.82. The van der Waals surface area contributed by atoms with E-state index in [1.807, 2.05) is 63.8 Å². The van der Waals surface area contributed by atoms with E-state index in [9.17, 15) is 14.4 Å². The Kier molecular flexibility index (Phi) is 7.03. The van der Waals surface area contributed by atoms with Crippen molar-refractivity contribution in [2.75, 3.05) is 31.1 Å². The van der Waals surface area contributed by atoms with Crippen LogP contribution in [0.25, 0.3) is 0 Å². The van der Waals surface area contributed by atoms with E-state index in [1.54, 1.807) is 10.6 Å². The second-order valence-electron chi connectivity index (χ2n) is 8.88. The topological polar surface area (TPSA) is 67.6 Å². The van der Waals surface area contributed by atoms with Crippen LogP contribution in [0.15, 0.2) is 39.9 Å². The minimum atomic E-state index is -0.274. The van der Waals surface area contributed by atoms with Crippen LogP contribution in [0, 0.1) is 6.92 Å². The van der Waals surface area contributed by atoms with Gasteiger partial charge in [0.05, 0.1) is 6.42 Å². The van der Waals surface area contributed by atoms with Crippen LogP contribution in [-0.4, -0.2) is 46.1 Å². The van der Waals surface area contributed by atoms with E-state index < -0.39 is 0 Å². The van der Waals surface area contributed by atoms with E-state index in [-0.39, 0.29) is 29.2 Å². The number of hydrogen-bond acceptors (Lipinski definition) is 4. The van der Waals surface area contributed by atoms with Crippen LogP contribution in [0.1, 0.15) is 57.3 Å². The van der Waals surface area contributed by atoms with Crippen molar-refractivity contribution in [3.05, 3.63) is 62.3 Å². The number of amides is 1. The zero-order valence-electron chi connectivity index (χ0n) is 19.3. The highest BCUT2D eigenvalue weighted by molar-refractivity contribution is 5.79. The van der Waals surface area contributed by atoms with E-state index >= 15 is 0 Å². The van der Waals surface area contributed by atoms with Crippen LogP contribution in [-0.2, 0) is 11.2 Å². The Hall–Kier alpha value is -2.83. The molecule has 31 heavy (non-hydrogen) atoms. The van der Waals surface area contributed by atoms with Crippen molar-refractivity contribution in [3.63, 3.8) is 0 Å². The fourth-order valence-corrected chi connectivity index (χ4v) is 4.24. The fraction of sp³-hybridized carbons (Fsp3) is 0.542. The third-order valence-corrected chi connectivity index (χ3v) is 5.96. The van der Waals surface area contributed by atoms with Gasteiger partial charge in [0.25, 0.3) is 5.56 Å². The van der Waals surface area contributed by atoms with Gasteiger partial charge in [0.1, 0.15) is 5.82 Å². The van der Waals surface area contributed by atoms with Gasteiger partial charge >= 0.3 is 5.69 Å². The predicted molar refractivity (Wildman–Crippen MR) is 124 cm³/mol. The van der Waals surface area contributed by atoms with E-state index in [0.29, 0.717) is 38.4 Å². The third kappa shape index (κ3) is 4.92. The maximum atomic E-state index is 13.1. The summed E-state index contributed by atoms with van der Waals surface area (Å²) in [6.45, 7) is 12.2. The molecule has 1 saturated heterocycles. The zero-order chi connectivity index (χ0) is 22.7. The minimum Gasteiger partial charge on any atom is -0.356 e. The lowest BCUT2D eigenvalue weighted by Crippen LogP contribution is -2.45. The second-order valence-corrected chi connectivity index (χ2v) is 8.88. The molecule has 3 rings (SSSR count). The molecule has 2 aromatic rings. The van der Waals surface area contributed by atoms with Crippen LogP contribution in [0.3, 0.4) is 0 Å². The smallest absolute Gasteiger partial charge is 0.333 e. The molecule has 1 aromatic heterocycles. The summed E-state index contributed by atoms with van der Waals surface area (Å²) in [5, 5.41) is 0. The van der Waals surface area contributed by atoms with Crippen LogP contribution in [0.5, 0.6) is 0 Å². The van der Waals surface area contributed by atoms with Gasteiger partial charge in [-0.3, -0.25) is 18.7 Å². The van der Waals surface area contributed by atoms with Crippen LogP contribution < -0.4 is 16.1 Å². The number of aryl methyl sites for hydroxylation is 1. The number of aromatic nitrogens is 2. The normalized spacial score (nSPS) is 14.9. The molecular formula is C24H34N4O3. The maximum absolute atomic E-state index is 13.1. The Morgan fingerprint density at radius 1 is 0.935 bits per heavy atom. The molecule has 2 heterocycles. The Labute approximate surface area is 183 Å². The van der Waals surface area contributed by atoms with Gasteiger partial charge in [-0.1, -0.05) is 24.3 Å². The molecule has 7 nitrogen and oxygen atoms in total. The highest BCUT2D eigenvalue weighted by Crippen LogP contribution is 2.19. The van der Waals surface area contributed by atoms with Gasteiger partial charge in [0.2, 0.25) is 5.91 Å². The molecule has 0 radical (unpaired) electrons. The highest BCUT2D eigenvalue weighted by atomic mass is 16.2. The molecule has 1 fully saturated rings. The highest BCUT2D eigenvalue weighted by Gasteiger charge is 2.24. The Bertz CT molecular complexity index is 1050. The molecule has 168 valence electrons. The Morgan fingerprint density at radius 3 is 2.26 bits per heavy atom. The molecule has 1 aliphatic rings. The first kappa shape index (κ1) is 22.8. The molecule has 0 atom stereocenters. The second kappa shape index (κ2) is 9.54. The number of hydrogen-bond donors (Lipinski definition) is 0. The van der Waals surface area contributed by atoms with Crippen molar-refractivity contribution in [3.8, 4) is 0 Å². The summed E-state index contributed by atoms with van der Waals surface area (Å²) in [4.78, 5) is 42.6.